The fraction of sp³-hybridized carbons (Fsp3) is 0.0769. The van der Waals surface area contributed by atoms with E-state index in [0.717, 1.165) is 11.6 Å². The van der Waals surface area contributed by atoms with Gasteiger partial charge in [0.25, 0.3) is 0 Å². The minimum absolute atomic E-state index is 0.0567. The zero-order chi connectivity index (χ0) is 13.0. The molecule has 0 radical (unpaired) electrons. The molecule has 0 fully saturated rings. The van der Waals surface area contributed by atoms with E-state index in [1.54, 1.807) is 0 Å². The van der Waals surface area contributed by atoms with E-state index in [9.17, 15) is 9.18 Å². The number of hydrogen-bond donors (Lipinski definition) is 2. The van der Waals surface area contributed by atoms with Crippen molar-refractivity contribution in [3.8, 4) is 0 Å². The van der Waals surface area contributed by atoms with Gasteiger partial charge in [0.15, 0.2) is 11.6 Å². The summed E-state index contributed by atoms with van der Waals surface area (Å²) in [6, 6.07) is 10.5. The van der Waals surface area contributed by atoms with Gasteiger partial charge in [-0.1, -0.05) is 30.3 Å². The number of nitrogens with one attached hydrogen (secondary N) is 1. The normalized spacial score (nSPS) is 10.1. The van der Waals surface area contributed by atoms with Crippen LogP contribution in [0, 0.1) is 5.82 Å². The largest absolute Gasteiger partial charge is 0.478 e. The van der Waals surface area contributed by atoms with Crippen LogP contribution in [0.15, 0.2) is 42.6 Å². The first-order valence-electron chi connectivity index (χ1n) is 5.34. The summed E-state index contributed by atoms with van der Waals surface area (Å²) >= 11 is 0. The zero-order valence-corrected chi connectivity index (χ0v) is 9.43. The van der Waals surface area contributed by atoms with Crippen molar-refractivity contribution in [2.45, 2.75) is 6.54 Å². The van der Waals surface area contributed by atoms with E-state index in [0.29, 0.717) is 6.54 Å². The summed E-state index contributed by atoms with van der Waals surface area (Å²) in [7, 11) is 0. The molecule has 2 N–H and O–H groups in total. The summed E-state index contributed by atoms with van der Waals surface area (Å²) in [4.78, 5) is 14.5. The predicted octanol–water partition coefficient (Wildman–Crippen LogP) is 2.53. The molecule has 5 heteroatoms. The van der Waals surface area contributed by atoms with E-state index in [-0.39, 0.29) is 11.4 Å². The van der Waals surface area contributed by atoms with E-state index in [4.69, 9.17) is 5.11 Å². The zero-order valence-electron chi connectivity index (χ0n) is 9.43. The van der Waals surface area contributed by atoms with Crippen molar-refractivity contribution in [3.63, 3.8) is 0 Å². The molecule has 0 aliphatic carbocycles. The number of carboxylic acid groups (broad SMARTS) is 1. The van der Waals surface area contributed by atoms with Crippen molar-refractivity contribution in [1.29, 1.82) is 0 Å². The molecule has 0 unspecified atom stereocenters. The van der Waals surface area contributed by atoms with E-state index < -0.39 is 11.8 Å². The minimum atomic E-state index is -1.31. The van der Waals surface area contributed by atoms with Crippen LogP contribution in [0.1, 0.15) is 15.9 Å². The number of anilines is 1. The molecule has 18 heavy (non-hydrogen) atoms. The van der Waals surface area contributed by atoms with Crippen LogP contribution in [0.5, 0.6) is 0 Å². The third kappa shape index (κ3) is 2.63. The Kier molecular flexibility index (Phi) is 3.52. The van der Waals surface area contributed by atoms with Gasteiger partial charge in [-0.2, -0.15) is 0 Å². The molecule has 0 spiro atoms. The number of rotatable bonds is 4. The van der Waals surface area contributed by atoms with Crippen LogP contribution >= 0.6 is 0 Å². The first-order valence-corrected chi connectivity index (χ1v) is 5.34. The van der Waals surface area contributed by atoms with E-state index in [2.05, 4.69) is 10.3 Å². The summed E-state index contributed by atoms with van der Waals surface area (Å²) < 4.78 is 13.7. The number of nitrogens with zero attached hydrogens (tertiary/aromatic N) is 1. The van der Waals surface area contributed by atoms with Crippen molar-refractivity contribution < 1.29 is 14.3 Å². The average Bonchev–Trinajstić information content (AvgIpc) is 2.38. The predicted molar refractivity (Wildman–Crippen MR) is 64.9 cm³/mol. The number of aromatic nitrogens is 1. The number of carbonyl (C=O) groups is 1. The number of halogens is 1. The molecule has 92 valence electrons. The van der Waals surface area contributed by atoms with Gasteiger partial charge in [0.1, 0.15) is 5.56 Å². The molecule has 2 rings (SSSR count). The number of hydrogen-bond acceptors (Lipinski definition) is 3. The minimum Gasteiger partial charge on any atom is -0.478 e. The maximum atomic E-state index is 13.7. The Balaban J connectivity index is 2.15. The van der Waals surface area contributed by atoms with Crippen LogP contribution in [0.3, 0.4) is 0 Å². The summed E-state index contributed by atoms with van der Waals surface area (Å²) in [5, 5.41) is 11.6. The van der Waals surface area contributed by atoms with E-state index in [1.807, 2.05) is 30.3 Å². The SMILES string of the molecule is O=C(O)c1ccnc(NCc2ccccc2)c1F. The maximum absolute atomic E-state index is 13.7. The van der Waals surface area contributed by atoms with Crippen LogP contribution in [0.25, 0.3) is 0 Å². The van der Waals surface area contributed by atoms with Crippen LogP contribution < -0.4 is 5.32 Å². The number of pyridine rings is 1. The molecular weight excluding hydrogens is 235 g/mol. The number of benzene rings is 1. The lowest BCUT2D eigenvalue weighted by molar-refractivity contribution is 0.0692. The second kappa shape index (κ2) is 5.27. The standard InChI is InChI=1S/C13H11FN2O2/c14-11-10(13(17)18)6-7-15-12(11)16-8-9-4-2-1-3-5-9/h1-7H,8H2,(H,15,16)(H,17,18). The first kappa shape index (κ1) is 12.0. The summed E-state index contributed by atoms with van der Waals surface area (Å²) in [5.41, 5.74) is 0.569. The Morgan fingerprint density at radius 1 is 1.28 bits per heavy atom. The van der Waals surface area contributed by atoms with Crippen LogP contribution in [0.2, 0.25) is 0 Å². The Morgan fingerprint density at radius 2 is 2.00 bits per heavy atom. The van der Waals surface area contributed by atoms with Gasteiger partial charge in [-0.25, -0.2) is 14.2 Å². The molecule has 1 heterocycles. The van der Waals surface area contributed by atoms with Crippen molar-refractivity contribution >= 4 is 11.8 Å². The molecular formula is C13H11FN2O2. The molecule has 0 aliphatic heterocycles. The van der Waals surface area contributed by atoms with E-state index >= 15 is 0 Å². The van der Waals surface area contributed by atoms with Gasteiger partial charge in [0.2, 0.25) is 0 Å². The highest BCUT2D eigenvalue weighted by Gasteiger charge is 2.14. The fourth-order valence-corrected chi connectivity index (χ4v) is 1.51. The highest BCUT2D eigenvalue weighted by Crippen LogP contribution is 2.15. The van der Waals surface area contributed by atoms with Crippen molar-refractivity contribution in [3.05, 3.63) is 59.5 Å². The Hall–Kier alpha value is -2.43. The highest BCUT2D eigenvalue weighted by molar-refractivity contribution is 5.88. The molecule has 0 bridgehead atoms. The molecule has 0 saturated heterocycles. The van der Waals surface area contributed by atoms with Crippen molar-refractivity contribution in [2.75, 3.05) is 5.32 Å². The average molecular weight is 246 g/mol. The molecule has 1 aromatic carbocycles. The van der Waals surface area contributed by atoms with Gasteiger partial charge in [-0.15, -0.1) is 0 Å². The molecule has 0 saturated carbocycles. The smallest absolute Gasteiger partial charge is 0.338 e. The van der Waals surface area contributed by atoms with Crippen LogP contribution in [-0.4, -0.2) is 16.1 Å². The lowest BCUT2D eigenvalue weighted by Crippen LogP contribution is -2.08. The summed E-state index contributed by atoms with van der Waals surface area (Å²) in [6.45, 7) is 0.383. The molecule has 1 aromatic heterocycles. The Morgan fingerprint density at radius 3 is 2.67 bits per heavy atom. The summed E-state index contributed by atoms with van der Waals surface area (Å²) in [5.74, 6) is -2.21. The third-order valence-electron chi connectivity index (χ3n) is 2.42. The quantitative estimate of drug-likeness (QED) is 0.870. The van der Waals surface area contributed by atoms with Crippen molar-refractivity contribution in [2.24, 2.45) is 0 Å². The molecule has 4 nitrogen and oxygen atoms in total. The van der Waals surface area contributed by atoms with Gasteiger partial charge in [0, 0.05) is 12.7 Å². The van der Waals surface area contributed by atoms with Crippen LogP contribution in [-0.2, 0) is 6.54 Å². The van der Waals surface area contributed by atoms with Gasteiger partial charge in [-0.3, -0.25) is 0 Å². The maximum Gasteiger partial charge on any atom is 0.338 e. The van der Waals surface area contributed by atoms with Gasteiger partial charge in [0.05, 0.1) is 0 Å². The number of aromatic carboxylic acids is 1. The van der Waals surface area contributed by atoms with Gasteiger partial charge < -0.3 is 10.4 Å². The number of carboxylic acids is 1. The second-order valence-electron chi connectivity index (χ2n) is 3.67. The fourth-order valence-electron chi connectivity index (χ4n) is 1.51. The highest BCUT2D eigenvalue weighted by atomic mass is 19.1. The van der Waals surface area contributed by atoms with Crippen molar-refractivity contribution in [1.82, 2.24) is 4.98 Å². The molecule has 0 atom stereocenters. The Labute approximate surface area is 103 Å². The lowest BCUT2D eigenvalue weighted by atomic mass is 10.2. The molecule has 2 aromatic rings. The monoisotopic (exact) mass is 246 g/mol. The third-order valence-corrected chi connectivity index (χ3v) is 2.42. The molecule has 0 amide bonds. The molecule has 0 aliphatic rings. The Bertz CT molecular complexity index is 558. The van der Waals surface area contributed by atoms with E-state index in [1.165, 1.54) is 6.20 Å². The summed E-state index contributed by atoms with van der Waals surface area (Å²) in [6.07, 6.45) is 1.26. The van der Waals surface area contributed by atoms with Gasteiger partial charge >= 0.3 is 5.97 Å². The van der Waals surface area contributed by atoms with Gasteiger partial charge in [-0.05, 0) is 11.6 Å². The second-order valence-corrected chi connectivity index (χ2v) is 3.67. The topological polar surface area (TPSA) is 62.2 Å². The van der Waals surface area contributed by atoms with Crippen LogP contribution in [0.4, 0.5) is 10.2 Å². The lowest BCUT2D eigenvalue weighted by Gasteiger charge is -2.07. The first-order chi connectivity index (χ1) is 8.68.